The summed E-state index contributed by atoms with van der Waals surface area (Å²) in [6.07, 6.45) is 4.24. The quantitative estimate of drug-likeness (QED) is 0.785. The van der Waals surface area contributed by atoms with E-state index in [0.717, 1.165) is 26.0 Å². The lowest BCUT2D eigenvalue weighted by Gasteiger charge is -2.08. The van der Waals surface area contributed by atoms with Gasteiger partial charge in [-0.05, 0) is 12.8 Å². The van der Waals surface area contributed by atoms with Crippen LogP contribution in [0.15, 0.2) is 6.20 Å². The molecule has 0 amide bonds. The fourth-order valence-corrected chi connectivity index (χ4v) is 1.65. The van der Waals surface area contributed by atoms with Crippen LogP contribution in [-0.4, -0.2) is 22.5 Å². The first-order valence-corrected chi connectivity index (χ1v) is 4.73. The summed E-state index contributed by atoms with van der Waals surface area (Å²) in [5, 5.41) is 4.57. The molecule has 0 unspecified atom stereocenters. The number of nitrogen functional groups attached to an aromatic ring is 1. The molecule has 0 radical (unpaired) electrons. The van der Waals surface area contributed by atoms with Gasteiger partial charge in [-0.15, -0.1) is 0 Å². The number of nitrogens with two attached hydrogens (primary N) is 1. The zero-order valence-electron chi connectivity index (χ0n) is 7.24. The lowest BCUT2D eigenvalue weighted by Crippen LogP contribution is -2.15. The van der Waals surface area contributed by atoms with Crippen molar-refractivity contribution in [3.63, 3.8) is 0 Å². The average molecular weight is 202 g/mol. The second kappa shape index (κ2) is 3.55. The summed E-state index contributed by atoms with van der Waals surface area (Å²) in [5.74, 6) is 0.389. The van der Waals surface area contributed by atoms with E-state index in [1.807, 2.05) is 0 Å². The second-order valence-electron chi connectivity index (χ2n) is 3.22. The van der Waals surface area contributed by atoms with Crippen LogP contribution in [0.4, 0.5) is 5.82 Å². The maximum absolute atomic E-state index is 5.77. The lowest BCUT2D eigenvalue weighted by molar-refractivity contribution is 0.0941. The molecule has 2 heterocycles. The number of anilines is 1. The first-order chi connectivity index (χ1) is 6.25. The zero-order valence-corrected chi connectivity index (χ0v) is 8.00. The van der Waals surface area contributed by atoms with Gasteiger partial charge in [0.2, 0.25) is 0 Å². The number of hydrogen-bond acceptors (Lipinski definition) is 3. The fraction of sp³-hybridized carbons (Fsp3) is 0.625. The molecule has 1 aliphatic rings. The van der Waals surface area contributed by atoms with E-state index in [2.05, 4.69) is 5.10 Å². The number of ether oxygens (including phenoxy) is 1. The van der Waals surface area contributed by atoms with Crippen LogP contribution in [0.5, 0.6) is 0 Å². The van der Waals surface area contributed by atoms with Gasteiger partial charge in [0.15, 0.2) is 5.82 Å². The van der Waals surface area contributed by atoms with Crippen LogP contribution in [0.3, 0.4) is 0 Å². The molecule has 2 rings (SSSR count). The smallest absolute Gasteiger partial charge is 0.164 e. The Morgan fingerprint density at radius 1 is 1.77 bits per heavy atom. The van der Waals surface area contributed by atoms with E-state index in [9.17, 15) is 0 Å². The van der Waals surface area contributed by atoms with Gasteiger partial charge in [0, 0.05) is 12.8 Å². The lowest BCUT2D eigenvalue weighted by atomic mass is 10.2. The fourth-order valence-electron chi connectivity index (χ4n) is 1.50. The van der Waals surface area contributed by atoms with Crippen molar-refractivity contribution >= 4 is 17.4 Å². The van der Waals surface area contributed by atoms with Crippen LogP contribution in [0, 0.1) is 0 Å². The molecule has 72 valence electrons. The Labute approximate surface area is 81.6 Å². The molecule has 1 aromatic rings. The minimum absolute atomic E-state index is 0.273. The highest BCUT2D eigenvalue weighted by atomic mass is 35.5. The minimum atomic E-state index is 0.273. The van der Waals surface area contributed by atoms with Gasteiger partial charge in [-0.2, -0.15) is 5.10 Å². The topological polar surface area (TPSA) is 53.1 Å². The van der Waals surface area contributed by atoms with Crippen molar-refractivity contribution in [2.75, 3.05) is 12.3 Å². The van der Waals surface area contributed by atoms with Crippen LogP contribution in [0.25, 0.3) is 0 Å². The molecular weight excluding hydrogens is 190 g/mol. The third-order valence-corrected chi connectivity index (χ3v) is 2.45. The Kier molecular flexibility index (Phi) is 2.42. The Balaban J connectivity index is 2.00. The molecule has 1 fully saturated rings. The molecule has 1 saturated heterocycles. The molecule has 0 spiro atoms. The van der Waals surface area contributed by atoms with Gasteiger partial charge in [0.1, 0.15) is 5.02 Å². The Hall–Kier alpha value is -0.740. The molecule has 0 aliphatic carbocycles. The molecule has 1 aromatic heterocycles. The predicted molar refractivity (Wildman–Crippen MR) is 50.6 cm³/mol. The maximum atomic E-state index is 5.77. The standard InChI is InChI=1S/C8H12ClN3O/c9-7-5-12(11-8(7)10)4-6-2-1-3-13-6/h5-6H,1-4H2,(H2,10,11)/t6-/m1/s1. The molecule has 0 aromatic carbocycles. The van der Waals surface area contributed by atoms with Crippen LogP contribution < -0.4 is 5.73 Å². The molecule has 13 heavy (non-hydrogen) atoms. The van der Waals surface area contributed by atoms with E-state index in [1.165, 1.54) is 0 Å². The summed E-state index contributed by atoms with van der Waals surface area (Å²) in [5.41, 5.74) is 5.51. The van der Waals surface area contributed by atoms with Crippen molar-refractivity contribution in [3.05, 3.63) is 11.2 Å². The van der Waals surface area contributed by atoms with Crippen LogP contribution in [0.2, 0.25) is 5.02 Å². The minimum Gasteiger partial charge on any atom is -0.381 e. The third-order valence-electron chi connectivity index (χ3n) is 2.16. The third kappa shape index (κ3) is 1.95. The number of aromatic nitrogens is 2. The monoisotopic (exact) mass is 201 g/mol. The highest BCUT2D eigenvalue weighted by Gasteiger charge is 2.16. The van der Waals surface area contributed by atoms with Crippen LogP contribution >= 0.6 is 11.6 Å². The molecule has 0 saturated carbocycles. The Bertz CT molecular complexity index is 274. The van der Waals surface area contributed by atoms with Gasteiger partial charge < -0.3 is 10.5 Å². The Morgan fingerprint density at radius 3 is 3.15 bits per heavy atom. The summed E-state index contributed by atoms with van der Waals surface area (Å²) in [4.78, 5) is 0. The van der Waals surface area contributed by atoms with Gasteiger partial charge in [-0.3, -0.25) is 4.68 Å². The summed E-state index contributed by atoms with van der Waals surface area (Å²) >= 11 is 5.77. The summed E-state index contributed by atoms with van der Waals surface area (Å²) in [6, 6.07) is 0. The second-order valence-corrected chi connectivity index (χ2v) is 3.63. The summed E-state index contributed by atoms with van der Waals surface area (Å²) < 4.78 is 7.20. The van der Waals surface area contributed by atoms with Crippen molar-refractivity contribution in [3.8, 4) is 0 Å². The predicted octanol–water partition coefficient (Wildman–Crippen LogP) is 1.30. The molecule has 4 nitrogen and oxygen atoms in total. The average Bonchev–Trinajstić information content (AvgIpc) is 2.64. The van der Waals surface area contributed by atoms with Gasteiger partial charge >= 0.3 is 0 Å². The molecule has 0 bridgehead atoms. The highest BCUT2D eigenvalue weighted by Crippen LogP contribution is 2.18. The van der Waals surface area contributed by atoms with Crippen molar-refractivity contribution in [1.82, 2.24) is 9.78 Å². The van der Waals surface area contributed by atoms with E-state index in [4.69, 9.17) is 22.1 Å². The number of hydrogen-bond donors (Lipinski definition) is 1. The molecule has 1 aliphatic heterocycles. The maximum Gasteiger partial charge on any atom is 0.164 e. The highest BCUT2D eigenvalue weighted by molar-refractivity contribution is 6.32. The molecular formula is C8H12ClN3O. The normalized spacial score (nSPS) is 22.4. The largest absolute Gasteiger partial charge is 0.381 e. The van der Waals surface area contributed by atoms with E-state index < -0.39 is 0 Å². The van der Waals surface area contributed by atoms with Crippen LogP contribution in [0.1, 0.15) is 12.8 Å². The van der Waals surface area contributed by atoms with Gasteiger partial charge in [0.25, 0.3) is 0 Å². The van der Waals surface area contributed by atoms with E-state index in [1.54, 1.807) is 10.9 Å². The van der Waals surface area contributed by atoms with Gasteiger partial charge in [-0.1, -0.05) is 11.6 Å². The van der Waals surface area contributed by atoms with Crippen LogP contribution in [-0.2, 0) is 11.3 Å². The van der Waals surface area contributed by atoms with Gasteiger partial charge in [0.05, 0.1) is 12.6 Å². The number of nitrogens with zero attached hydrogens (tertiary/aromatic N) is 2. The SMILES string of the molecule is Nc1nn(C[C@H]2CCCO2)cc1Cl. The van der Waals surface area contributed by atoms with Crippen molar-refractivity contribution in [2.45, 2.75) is 25.5 Å². The van der Waals surface area contributed by atoms with Crippen molar-refractivity contribution in [1.29, 1.82) is 0 Å². The van der Waals surface area contributed by atoms with E-state index in [-0.39, 0.29) is 6.10 Å². The van der Waals surface area contributed by atoms with E-state index in [0.29, 0.717) is 10.8 Å². The van der Waals surface area contributed by atoms with Crippen molar-refractivity contribution < 1.29 is 4.74 Å². The van der Waals surface area contributed by atoms with E-state index >= 15 is 0 Å². The number of rotatable bonds is 2. The Morgan fingerprint density at radius 2 is 2.62 bits per heavy atom. The number of halogens is 1. The first kappa shape index (κ1) is 8.84. The molecule has 1 atom stereocenters. The van der Waals surface area contributed by atoms with Crippen molar-refractivity contribution in [2.24, 2.45) is 0 Å². The summed E-state index contributed by atoms with van der Waals surface area (Å²) in [7, 11) is 0. The first-order valence-electron chi connectivity index (χ1n) is 4.36. The summed E-state index contributed by atoms with van der Waals surface area (Å²) in [6.45, 7) is 1.60. The zero-order chi connectivity index (χ0) is 9.26. The van der Waals surface area contributed by atoms with Gasteiger partial charge in [-0.25, -0.2) is 0 Å². The molecule has 2 N–H and O–H groups in total. The molecule has 5 heteroatoms.